The average Bonchev–Trinajstić information content (AvgIpc) is 2.76. The molecule has 0 spiro atoms. The van der Waals surface area contributed by atoms with Crippen LogP contribution in [-0.2, 0) is 22.1 Å². The first-order valence-electron chi connectivity index (χ1n) is 10.6. The zero-order valence-corrected chi connectivity index (χ0v) is 18.3. The van der Waals surface area contributed by atoms with Crippen LogP contribution in [0.25, 0.3) is 0 Å². The highest BCUT2D eigenvalue weighted by atomic mass is 19.4. The first-order chi connectivity index (χ1) is 16.7. The van der Waals surface area contributed by atoms with Gasteiger partial charge in [0.05, 0.1) is 37.3 Å². The van der Waals surface area contributed by atoms with Gasteiger partial charge in [-0.2, -0.15) is 13.2 Å². The summed E-state index contributed by atoms with van der Waals surface area (Å²) in [6.07, 6.45) is -0.559. The van der Waals surface area contributed by atoms with Crippen molar-refractivity contribution in [2.24, 2.45) is 5.92 Å². The summed E-state index contributed by atoms with van der Waals surface area (Å²) in [5.74, 6) is -1.66. The van der Waals surface area contributed by atoms with E-state index in [2.05, 4.69) is 11.0 Å². The Hall–Kier alpha value is -4.01. The van der Waals surface area contributed by atoms with Gasteiger partial charge in [-0.1, -0.05) is 23.9 Å². The standard InChI is InChI=1S/C25H21F3N2O5/c26-25(27,28)21-10-19(6-7-23(21)35-18-3-1-2-15(8-18)9-24(31)32)34-20-5-4-16(12-29)22(11-20)30-17-13-33-14-17/h1-8,10,12,16-17,29-30H,9,13-14H2,(H,31,32). The second kappa shape index (κ2) is 10.1. The summed E-state index contributed by atoms with van der Waals surface area (Å²) in [4.78, 5) is 10.9. The third-order valence-electron chi connectivity index (χ3n) is 5.19. The molecule has 7 nitrogen and oxygen atoms in total. The topological polar surface area (TPSA) is 101 Å². The molecule has 1 aliphatic heterocycles. The predicted octanol–water partition coefficient (Wildman–Crippen LogP) is 4.69. The van der Waals surface area contributed by atoms with Crippen molar-refractivity contribution in [2.75, 3.05) is 13.2 Å². The molecule has 4 rings (SSSR count). The molecular weight excluding hydrogens is 465 g/mol. The van der Waals surface area contributed by atoms with E-state index in [1.807, 2.05) is 0 Å². The van der Waals surface area contributed by atoms with Crippen LogP contribution in [0.3, 0.4) is 0 Å². The molecule has 1 saturated heterocycles. The molecule has 182 valence electrons. The Bertz CT molecular complexity index is 1230. The Morgan fingerprint density at radius 1 is 1.20 bits per heavy atom. The summed E-state index contributed by atoms with van der Waals surface area (Å²) >= 11 is 0. The summed E-state index contributed by atoms with van der Waals surface area (Å²) in [5, 5.41) is 19.7. The Morgan fingerprint density at radius 2 is 1.97 bits per heavy atom. The Kier molecular flexibility index (Phi) is 6.95. The number of rotatable bonds is 9. The first-order valence-corrected chi connectivity index (χ1v) is 10.6. The number of alkyl halides is 3. The smallest absolute Gasteiger partial charge is 0.420 e. The molecule has 1 unspecified atom stereocenters. The predicted molar refractivity (Wildman–Crippen MR) is 120 cm³/mol. The fraction of sp³-hybridized carbons (Fsp3) is 0.240. The molecule has 0 radical (unpaired) electrons. The zero-order valence-electron chi connectivity index (χ0n) is 18.3. The number of benzene rings is 2. The van der Waals surface area contributed by atoms with E-state index < -0.39 is 23.5 Å². The van der Waals surface area contributed by atoms with Crippen LogP contribution in [0.4, 0.5) is 13.2 Å². The van der Waals surface area contributed by atoms with Crippen LogP contribution >= 0.6 is 0 Å². The van der Waals surface area contributed by atoms with Crippen molar-refractivity contribution in [3.05, 3.63) is 82.9 Å². The number of ether oxygens (including phenoxy) is 3. The van der Waals surface area contributed by atoms with E-state index in [0.717, 1.165) is 12.1 Å². The summed E-state index contributed by atoms with van der Waals surface area (Å²) < 4.78 is 57.7. The highest BCUT2D eigenvalue weighted by Gasteiger charge is 2.35. The van der Waals surface area contributed by atoms with E-state index in [1.54, 1.807) is 18.2 Å². The number of hydrogen-bond donors (Lipinski definition) is 3. The van der Waals surface area contributed by atoms with Crippen LogP contribution in [0.15, 0.2) is 71.8 Å². The van der Waals surface area contributed by atoms with E-state index >= 15 is 0 Å². The van der Waals surface area contributed by atoms with E-state index in [9.17, 15) is 18.0 Å². The Morgan fingerprint density at radius 3 is 2.63 bits per heavy atom. The first kappa shape index (κ1) is 24.1. The van der Waals surface area contributed by atoms with Gasteiger partial charge in [-0.25, -0.2) is 0 Å². The molecule has 0 saturated carbocycles. The molecule has 0 amide bonds. The number of halogens is 3. The molecule has 2 aromatic rings. The minimum absolute atomic E-state index is 0.0731. The SMILES string of the molecule is N=CC1C=CC(Oc2ccc(Oc3cccc(CC(=O)O)c3)c(C(F)(F)F)c2)=C=C1NC1COC1. The lowest BCUT2D eigenvalue weighted by molar-refractivity contribution is -0.138. The number of aliphatic carboxylic acids is 1. The molecule has 2 aliphatic rings. The van der Waals surface area contributed by atoms with Gasteiger partial charge in [0.25, 0.3) is 0 Å². The Balaban J connectivity index is 1.59. The van der Waals surface area contributed by atoms with Crippen LogP contribution in [-0.4, -0.2) is 36.5 Å². The fourth-order valence-corrected chi connectivity index (χ4v) is 3.45. The zero-order chi connectivity index (χ0) is 25.0. The van der Waals surface area contributed by atoms with Crippen molar-refractivity contribution in [3.8, 4) is 17.2 Å². The van der Waals surface area contributed by atoms with Crippen LogP contribution in [0, 0.1) is 11.3 Å². The highest BCUT2D eigenvalue weighted by molar-refractivity contribution is 5.70. The summed E-state index contributed by atoms with van der Waals surface area (Å²) in [6.45, 7) is 1.04. The van der Waals surface area contributed by atoms with Crippen molar-refractivity contribution < 1.29 is 37.3 Å². The normalized spacial score (nSPS) is 17.6. The van der Waals surface area contributed by atoms with Gasteiger partial charge in [-0.3, -0.25) is 4.79 Å². The van der Waals surface area contributed by atoms with Gasteiger partial charge in [-0.05, 0) is 42.0 Å². The molecule has 1 fully saturated rings. The second-order valence-corrected chi connectivity index (χ2v) is 7.91. The van der Waals surface area contributed by atoms with E-state index in [1.165, 1.54) is 30.5 Å². The van der Waals surface area contributed by atoms with Gasteiger partial charge in [0, 0.05) is 6.21 Å². The van der Waals surface area contributed by atoms with Crippen LogP contribution in [0.5, 0.6) is 17.2 Å². The lowest BCUT2D eigenvalue weighted by Crippen LogP contribution is -2.46. The molecule has 1 aliphatic carbocycles. The van der Waals surface area contributed by atoms with Crippen molar-refractivity contribution in [1.29, 1.82) is 5.41 Å². The summed E-state index contributed by atoms with van der Waals surface area (Å²) in [5.41, 5.74) is 2.90. The van der Waals surface area contributed by atoms with Gasteiger partial charge in [0.1, 0.15) is 22.8 Å². The van der Waals surface area contributed by atoms with Gasteiger partial charge in [0.15, 0.2) is 5.76 Å². The van der Waals surface area contributed by atoms with Gasteiger partial charge >= 0.3 is 12.1 Å². The maximum absolute atomic E-state index is 13.8. The lowest BCUT2D eigenvalue weighted by atomic mass is 10.0. The minimum Gasteiger partial charge on any atom is -0.481 e. The van der Waals surface area contributed by atoms with Gasteiger partial charge < -0.3 is 30.0 Å². The summed E-state index contributed by atoms with van der Waals surface area (Å²) in [7, 11) is 0. The largest absolute Gasteiger partial charge is 0.481 e. The molecule has 0 bridgehead atoms. The molecule has 1 heterocycles. The van der Waals surface area contributed by atoms with Crippen LogP contribution < -0.4 is 14.8 Å². The molecule has 1 atom stereocenters. The van der Waals surface area contributed by atoms with Crippen molar-refractivity contribution in [3.63, 3.8) is 0 Å². The third-order valence-corrected chi connectivity index (χ3v) is 5.19. The number of hydrogen-bond acceptors (Lipinski definition) is 6. The van der Waals surface area contributed by atoms with E-state index in [0.29, 0.717) is 24.5 Å². The minimum atomic E-state index is -4.73. The third kappa shape index (κ3) is 6.11. The molecule has 0 aromatic heterocycles. The molecule has 3 N–H and O–H groups in total. The van der Waals surface area contributed by atoms with E-state index in [-0.39, 0.29) is 35.6 Å². The van der Waals surface area contributed by atoms with E-state index in [4.69, 9.17) is 24.7 Å². The number of carbonyl (C=O) groups is 1. The van der Waals surface area contributed by atoms with Crippen molar-refractivity contribution in [1.82, 2.24) is 5.32 Å². The second-order valence-electron chi connectivity index (χ2n) is 7.91. The molecule has 2 aromatic carbocycles. The highest BCUT2D eigenvalue weighted by Crippen LogP contribution is 2.40. The number of nitrogens with one attached hydrogen (secondary N) is 2. The van der Waals surface area contributed by atoms with Crippen LogP contribution in [0.1, 0.15) is 11.1 Å². The van der Waals surface area contributed by atoms with Gasteiger partial charge in [-0.15, -0.1) is 0 Å². The molecule has 10 heteroatoms. The fourth-order valence-electron chi connectivity index (χ4n) is 3.45. The monoisotopic (exact) mass is 486 g/mol. The molecular formula is C25H21F3N2O5. The van der Waals surface area contributed by atoms with Crippen LogP contribution in [0.2, 0.25) is 0 Å². The lowest BCUT2D eigenvalue weighted by Gasteiger charge is -2.30. The number of carboxylic acid groups (broad SMARTS) is 1. The summed E-state index contributed by atoms with van der Waals surface area (Å²) in [6, 6.07) is 9.27. The quantitative estimate of drug-likeness (QED) is 0.351. The average molecular weight is 486 g/mol. The molecule has 35 heavy (non-hydrogen) atoms. The van der Waals surface area contributed by atoms with Gasteiger partial charge in [0.2, 0.25) is 0 Å². The Labute approximate surface area is 198 Å². The number of allylic oxidation sites excluding steroid dienone is 1. The maximum atomic E-state index is 13.8. The number of carboxylic acids is 1. The van der Waals surface area contributed by atoms with Crippen molar-refractivity contribution in [2.45, 2.75) is 18.6 Å². The van der Waals surface area contributed by atoms with Crippen molar-refractivity contribution >= 4 is 12.2 Å². The maximum Gasteiger partial charge on any atom is 0.420 e.